The second-order valence-corrected chi connectivity index (χ2v) is 5.97. The first-order chi connectivity index (χ1) is 13.3. The maximum Gasteiger partial charge on any atom is 0.416 e. The molecule has 8 heteroatoms. The Labute approximate surface area is 160 Å². The normalized spacial score (nSPS) is 11.2. The molecule has 3 rings (SSSR count). The first kappa shape index (κ1) is 19.5. The van der Waals surface area contributed by atoms with Crippen LogP contribution in [0.4, 0.5) is 36.3 Å². The van der Waals surface area contributed by atoms with Gasteiger partial charge in [0.25, 0.3) is 0 Å². The fourth-order valence-corrected chi connectivity index (χ4v) is 2.55. The predicted octanol–water partition coefficient (Wildman–Crippen LogP) is 5.69. The Morgan fingerprint density at radius 2 is 1.68 bits per heavy atom. The minimum atomic E-state index is -4.37. The van der Waals surface area contributed by atoms with Crippen LogP contribution in [0.5, 0.6) is 5.75 Å². The zero-order chi connectivity index (χ0) is 20.1. The van der Waals surface area contributed by atoms with Gasteiger partial charge in [-0.25, -0.2) is 4.98 Å². The zero-order valence-corrected chi connectivity index (χ0v) is 15.3. The van der Waals surface area contributed by atoms with Gasteiger partial charge in [-0.2, -0.15) is 18.2 Å². The van der Waals surface area contributed by atoms with Crippen molar-refractivity contribution in [3.63, 3.8) is 0 Å². The number of anilines is 4. The van der Waals surface area contributed by atoms with E-state index < -0.39 is 11.7 Å². The van der Waals surface area contributed by atoms with Crippen molar-refractivity contribution in [1.82, 2.24) is 9.97 Å². The Morgan fingerprint density at radius 1 is 0.964 bits per heavy atom. The van der Waals surface area contributed by atoms with Crippen molar-refractivity contribution >= 4 is 23.1 Å². The second kappa shape index (κ2) is 8.16. The van der Waals surface area contributed by atoms with Crippen LogP contribution < -0.4 is 15.4 Å². The van der Waals surface area contributed by atoms with E-state index in [1.807, 2.05) is 31.2 Å². The van der Waals surface area contributed by atoms with Crippen molar-refractivity contribution in [2.24, 2.45) is 0 Å². The molecule has 0 amide bonds. The van der Waals surface area contributed by atoms with Gasteiger partial charge in [0.05, 0.1) is 17.9 Å². The summed E-state index contributed by atoms with van der Waals surface area (Å²) in [6.45, 7) is 4.24. The highest BCUT2D eigenvalue weighted by Crippen LogP contribution is 2.31. The van der Waals surface area contributed by atoms with Gasteiger partial charge >= 0.3 is 6.18 Å². The summed E-state index contributed by atoms with van der Waals surface area (Å²) in [4.78, 5) is 8.67. The third-order valence-electron chi connectivity index (χ3n) is 3.77. The average molecular weight is 388 g/mol. The van der Waals surface area contributed by atoms with Crippen molar-refractivity contribution in [2.45, 2.75) is 20.0 Å². The van der Waals surface area contributed by atoms with Gasteiger partial charge in [0.2, 0.25) is 5.95 Å². The molecular weight excluding hydrogens is 369 g/mol. The van der Waals surface area contributed by atoms with Crippen molar-refractivity contribution in [1.29, 1.82) is 0 Å². The second-order valence-electron chi connectivity index (χ2n) is 5.97. The first-order valence-corrected chi connectivity index (χ1v) is 8.64. The van der Waals surface area contributed by atoms with Crippen molar-refractivity contribution in [3.8, 4) is 5.75 Å². The lowest BCUT2D eigenvalue weighted by atomic mass is 10.2. The van der Waals surface area contributed by atoms with Gasteiger partial charge in [-0.3, -0.25) is 0 Å². The molecule has 0 unspecified atom stereocenters. The smallest absolute Gasteiger partial charge is 0.416 e. The third kappa shape index (κ3) is 4.91. The molecule has 1 heterocycles. The number of para-hydroxylation sites is 2. The van der Waals surface area contributed by atoms with Crippen LogP contribution in [0.25, 0.3) is 0 Å². The van der Waals surface area contributed by atoms with E-state index in [-0.39, 0.29) is 5.95 Å². The number of halogens is 3. The number of alkyl halides is 3. The Hall–Kier alpha value is -3.29. The van der Waals surface area contributed by atoms with Gasteiger partial charge in [-0.1, -0.05) is 12.1 Å². The Kier molecular flexibility index (Phi) is 5.67. The zero-order valence-electron chi connectivity index (χ0n) is 15.3. The summed E-state index contributed by atoms with van der Waals surface area (Å²) in [6.07, 6.45) is -4.37. The highest BCUT2D eigenvalue weighted by Gasteiger charge is 2.29. The summed E-state index contributed by atoms with van der Waals surface area (Å²) in [5, 5.41) is 6.12. The summed E-state index contributed by atoms with van der Waals surface area (Å²) in [5.74, 6) is 1.50. The molecule has 0 fully saturated rings. The Morgan fingerprint density at radius 3 is 2.36 bits per heavy atom. The predicted molar refractivity (Wildman–Crippen MR) is 102 cm³/mol. The fraction of sp³-hybridized carbons (Fsp3) is 0.200. The lowest BCUT2D eigenvalue weighted by Gasteiger charge is -2.13. The van der Waals surface area contributed by atoms with Crippen LogP contribution >= 0.6 is 0 Å². The molecule has 28 heavy (non-hydrogen) atoms. The van der Waals surface area contributed by atoms with E-state index in [2.05, 4.69) is 20.6 Å². The van der Waals surface area contributed by atoms with Crippen LogP contribution in [0.3, 0.4) is 0 Å². The molecule has 0 bridgehead atoms. The molecule has 0 radical (unpaired) electrons. The van der Waals surface area contributed by atoms with E-state index in [4.69, 9.17) is 4.74 Å². The lowest BCUT2D eigenvalue weighted by molar-refractivity contribution is -0.137. The quantitative estimate of drug-likeness (QED) is 0.568. The number of hydrogen-bond acceptors (Lipinski definition) is 5. The molecular formula is C20H19F3N4O. The molecule has 5 nitrogen and oxygen atoms in total. The highest BCUT2D eigenvalue weighted by atomic mass is 19.4. The summed E-state index contributed by atoms with van der Waals surface area (Å²) >= 11 is 0. The van der Waals surface area contributed by atoms with E-state index in [9.17, 15) is 13.2 Å². The molecule has 0 saturated carbocycles. The first-order valence-electron chi connectivity index (χ1n) is 8.64. The van der Waals surface area contributed by atoms with Gasteiger partial charge in [0.1, 0.15) is 11.6 Å². The standard InChI is InChI=1S/C20H19F3N4O/c1-3-28-17-7-5-4-6-16(17)26-18-12-13(2)24-19(27-18)25-15-10-8-14(9-11-15)20(21,22)23/h4-12H,3H2,1-2H3,(H2,24,25,26,27). The number of nitrogens with zero attached hydrogens (tertiary/aromatic N) is 2. The molecule has 146 valence electrons. The number of nitrogens with one attached hydrogen (secondary N) is 2. The number of aromatic nitrogens is 2. The number of rotatable bonds is 6. The lowest BCUT2D eigenvalue weighted by Crippen LogP contribution is -2.05. The van der Waals surface area contributed by atoms with E-state index in [1.165, 1.54) is 12.1 Å². The van der Waals surface area contributed by atoms with E-state index in [0.29, 0.717) is 29.6 Å². The minimum Gasteiger partial charge on any atom is -0.492 e. The number of hydrogen-bond donors (Lipinski definition) is 2. The maximum absolute atomic E-state index is 12.7. The molecule has 1 aromatic heterocycles. The van der Waals surface area contributed by atoms with Gasteiger partial charge in [0, 0.05) is 17.4 Å². The minimum absolute atomic E-state index is 0.274. The topological polar surface area (TPSA) is 59.1 Å². The number of ether oxygens (including phenoxy) is 1. The molecule has 2 aromatic carbocycles. The summed E-state index contributed by atoms with van der Waals surface area (Å²) in [7, 11) is 0. The molecule has 0 aliphatic rings. The fourth-order valence-electron chi connectivity index (χ4n) is 2.55. The monoisotopic (exact) mass is 388 g/mol. The van der Waals surface area contributed by atoms with Crippen molar-refractivity contribution in [2.75, 3.05) is 17.2 Å². The summed E-state index contributed by atoms with van der Waals surface area (Å²) in [6, 6.07) is 13.9. The van der Waals surface area contributed by atoms with Crippen molar-refractivity contribution < 1.29 is 17.9 Å². The Bertz CT molecular complexity index is 943. The molecule has 3 aromatic rings. The van der Waals surface area contributed by atoms with Gasteiger partial charge in [-0.15, -0.1) is 0 Å². The summed E-state index contributed by atoms with van der Waals surface area (Å²) in [5.41, 5.74) is 1.20. The van der Waals surface area contributed by atoms with Crippen LogP contribution in [-0.2, 0) is 6.18 Å². The van der Waals surface area contributed by atoms with Crippen molar-refractivity contribution in [3.05, 3.63) is 65.9 Å². The maximum atomic E-state index is 12.7. The molecule has 0 aliphatic carbocycles. The van der Waals surface area contributed by atoms with E-state index in [1.54, 1.807) is 13.0 Å². The van der Waals surface area contributed by atoms with Crippen LogP contribution in [0.1, 0.15) is 18.2 Å². The van der Waals surface area contributed by atoms with Gasteiger partial charge < -0.3 is 15.4 Å². The van der Waals surface area contributed by atoms with Crippen LogP contribution in [0.2, 0.25) is 0 Å². The number of aryl methyl sites for hydroxylation is 1. The molecule has 0 atom stereocenters. The SMILES string of the molecule is CCOc1ccccc1Nc1cc(C)nc(Nc2ccc(C(F)(F)F)cc2)n1. The van der Waals surface area contributed by atoms with Crippen LogP contribution in [-0.4, -0.2) is 16.6 Å². The largest absolute Gasteiger partial charge is 0.492 e. The van der Waals surface area contributed by atoms with E-state index in [0.717, 1.165) is 17.8 Å². The number of benzene rings is 2. The van der Waals surface area contributed by atoms with Gasteiger partial charge in [-0.05, 0) is 50.2 Å². The third-order valence-corrected chi connectivity index (χ3v) is 3.77. The van der Waals surface area contributed by atoms with Crippen LogP contribution in [0.15, 0.2) is 54.6 Å². The molecule has 0 saturated heterocycles. The highest BCUT2D eigenvalue weighted by molar-refractivity contribution is 5.65. The van der Waals surface area contributed by atoms with Gasteiger partial charge in [0.15, 0.2) is 0 Å². The average Bonchev–Trinajstić information content (AvgIpc) is 2.63. The van der Waals surface area contributed by atoms with E-state index >= 15 is 0 Å². The molecule has 0 spiro atoms. The molecule has 0 aliphatic heterocycles. The van der Waals surface area contributed by atoms with Crippen LogP contribution in [0, 0.1) is 6.92 Å². The summed E-state index contributed by atoms with van der Waals surface area (Å²) < 4.78 is 43.6. The Balaban J connectivity index is 1.80. The molecule has 2 N–H and O–H groups in total.